The van der Waals surface area contributed by atoms with Gasteiger partial charge >= 0.3 is 0 Å². The van der Waals surface area contributed by atoms with E-state index >= 15 is 0 Å². The zero-order chi connectivity index (χ0) is 21.4. The quantitative estimate of drug-likeness (QED) is 0.260. The van der Waals surface area contributed by atoms with Crippen LogP contribution in [-0.4, -0.2) is 20.2 Å². The van der Waals surface area contributed by atoms with Crippen molar-refractivity contribution in [1.29, 1.82) is 0 Å². The minimum absolute atomic E-state index is 0.0186. The number of nitrogens with zero attached hydrogens (tertiary/aromatic N) is 1. The van der Waals surface area contributed by atoms with Gasteiger partial charge in [0, 0.05) is 35.0 Å². The molecule has 0 spiro atoms. The van der Waals surface area contributed by atoms with Crippen molar-refractivity contribution in [3.8, 4) is 5.75 Å². The van der Waals surface area contributed by atoms with Crippen LogP contribution in [0.25, 0.3) is 0 Å². The van der Waals surface area contributed by atoms with Crippen LogP contribution in [0.4, 0.5) is 5.69 Å². The first-order valence-corrected chi connectivity index (χ1v) is 10.1. The zero-order valence-electron chi connectivity index (χ0n) is 16.1. The zero-order valence-corrected chi connectivity index (χ0v) is 17.7. The van der Waals surface area contributed by atoms with Gasteiger partial charge < -0.3 is 15.3 Å². The molecule has 2 atom stereocenters. The summed E-state index contributed by atoms with van der Waals surface area (Å²) in [5, 5.41) is 41.4. The number of hydrogen-bond donors (Lipinski definition) is 3. The molecule has 0 aliphatic heterocycles. The summed E-state index contributed by atoms with van der Waals surface area (Å²) in [6.07, 6.45) is 2.26. The Balaban J connectivity index is 2.09. The van der Waals surface area contributed by atoms with Crippen molar-refractivity contribution >= 4 is 21.6 Å². The minimum atomic E-state index is -0.873. The molecule has 0 radical (unpaired) electrons. The Bertz CT molecular complexity index is 904. The second kappa shape index (κ2) is 10.9. The number of benzene rings is 2. The van der Waals surface area contributed by atoms with Crippen LogP contribution in [0, 0.1) is 10.1 Å². The molecule has 6 nitrogen and oxygen atoms in total. The van der Waals surface area contributed by atoms with Crippen LogP contribution >= 0.6 is 15.9 Å². The minimum Gasteiger partial charge on any atom is -0.508 e. The topological polar surface area (TPSA) is 104 Å². The summed E-state index contributed by atoms with van der Waals surface area (Å²) in [5.41, 5.74) is 5.06. The molecule has 0 bridgehead atoms. The highest BCUT2D eigenvalue weighted by molar-refractivity contribution is 9.10. The van der Waals surface area contributed by atoms with Gasteiger partial charge in [0.25, 0.3) is 5.69 Å². The van der Waals surface area contributed by atoms with E-state index in [1.807, 2.05) is 6.92 Å². The van der Waals surface area contributed by atoms with Crippen LogP contribution < -0.4 is 0 Å². The van der Waals surface area contributed by atoms with E-state index in [0.717, 1.165) is 22.9 Å². The van der Waals surface area contributed by atoms with Gasteiger partial charge in [-0.1, -0.05) is 29.3 Å². The van der Waals surface area contributed by atoms with Crippen molar-refractivity contribution in [3.05, 3.63) is 85.6 Å². The number of halogens is 1. The van der Waals surface area contributed by atoms with Crippen LogP contribution in [0.5, 0.6) is 5.75 Å². The molecule has 0 heterocycles. The second-order valence-electron chi connectivity index (χ2n) is 6.73. The molecule has 0 aliphatic carbocycles. The maximum atomic E-state index is 10.7. The molecule has 3 N–H and O–H groups in total. The van der Waals surface area contributed by atoms with Crippen molar-refractivity contribution < 1.29 is 20.2 Å². The third-order valence-electron chi connectivity index (χ3n) is 4.48. The van der Waals surface area contributed by atoms with Gasteiger partial charge in [0.2, 0.25) is 0 Å². The highest BCUT2D eigenvalue weighted by Gasteiger charge is 2.13. The van der Waals surface area contributed by atoms with Crippen LogP contribution in [-0.2, 0) is 0 Å². The highest BCUT2D eigenvalue weighted by atomic mass is 79.9. The average Bonchev–Trinajstić information content (AvgIpc) is 2.69. The summed E-state index contributed by atoms with van der Waals surface area (Å²) < 4.78 is 0.766. The summed E-state index contributed by atoms with van der Waals surface area (Å²) in [7, 11) is 0. The fourth-order valence-electron chi connectivity index (χ4n) is 2.94. The van der Waals surface area contributed by atoms with Crippen LogP contribution in [0.3, 0.4) is 0 Å². The molecular formula is C22H24BrNO5. The molecule has 0 aliphatic rings. The summed E-state index contributed by atoms with van der Waals surface area (Å²) in [4.78, 5) is 10.3. The van der Waals surface area contributed by atoms with Gasteiger partial charge in [-0.3, -0.25) is 10.1 Å². The Hall–Kier alpha value is -2.44. The van der Waals surface area contributed by atoms with Crippen LogP contribution in [0.2, 0.25) is 0 Å². The van der Waals surface area contributed by atoms with Gasteiger partial charge in [0.05, 0.1) is 17.1 Å². The Kier molecular flexibility index (Phi) is 8.61. The third kappa shape index (κ3) is 6.84. The molecule has 0 amide bonds. The third-order valence-corrected chi connectivity index (χ3v) is 4.97. The van der Waals surface area contributed by atoms with E-state index in [9.17, 15) is 25.4 Å². The molecule has 2 aromatic rings. The number of nitro benzene ring substituents is 1. The lowest BCUT2D eigenvalue weighted by Crippen LogP contribution is -2.00. The number of hydrogen-bond acceptors (Lipinski definition) is 5. The number of aliphatic hydroxyl groups excluding tert-OH is 2. The summed E-state index contributed by atoms with van der Waals surface area (Å²) in [6, 6.07) is 10.7. The number of aromatic hydroxyl groups is 1. The lowest BCUT2D eigenvalue weighted by atomic mass is 9.98. The lowest BCUT2D eigenvalue weighted by molar-refractivity contribution is -0.384. The Morgan fingerprint density at radius 2 is 1.90 bits per heavy atom. The lowest BCUT2D eigenvalue weighted by Gasteiger charge is -2.12. The largest absolute Gasteiger partial charge is 0.508 e. The van der Waals surface area contributed by atoms with Gasteiger partial charge in [0.15, 0.2) is 0 Å². The van der Waals surface area contributed by atoms with Crippen LogP contribution in [0.1, 0.15) is 55.9 Å². The SMILES string of the molecule is CCCC(=C=CC[C@@H](O)c1cc(Br)ccc1O)C[C@@H](O)c1ccc([N+](=O)[O-])cc1. The van der Waals surface area contributed by atoms with Gasteiger partial charge in [-0.05, 0) is 54.0 Å². The smallest absolute Gasteiger partial charge is 0.269 e. The first-order valence-electron chi connectivity index (χ1n) is 9.33. The molecule has 0 unspecified atom stereocenters. The van der Waals surface area contributed by atoms with E-state index in [1.54, 1.807) is 30.3 Å². The van der Waals surface area contributed by atoms with E-state index in [0.29, 0.717) is 17.5 Å². The Labute approximate surface area is 178 Å². The fourth-order valence-corrected chi connectivity index (χ4v) is 3.32. The van der Waals surface area contributed by atoms with Gasteiger partial charge in [0.1, 0.15) is 5.75 Å². The molecule has 0 aromatic heterocycles. The predicted molar refractivity (Wildman–Crippen MR) is 115 cm³/mol. The predicted octanol–water partition coefficient (Wildman–Crippen LogP) is 5.49. The molecule has 7 heteroatoms. The van der Waals surface area contributed by atoms with Crippen molar-refractivity contribution in [2.24, 2.45) is 0 Å². The maximum Gasteiger partial charge on any atom is 0.269 e. The van der Waals surface area contributed by atoms with E-state index < -0.39 is 17.1 Å². The maximum absolute atomic E-state index is 10.7. The molecule has 0 saturated heterocycles. The summed E-state index contributed by atoms with van der Waals surface area (Å²) in [6.45, 7) is 2.02. The standard InChI is InChI=1S/C22H24BrNO5/c1-2-4-15(13-22(27)16-7-10-18(11-8-16)24(28)29)5-3-6-20(25)19-14-17(23)9-12-21(19)26/h3,7-12,14,20,22,25-27H,2,4,6,13H2,1H3/t5?,20-,22-/m1/s1. The molecule has 2 rings (SSSR count). The molecular weight excluding hydrogens is 438 g/mol. The van der Waals surface area contributed by atoms with Crippen molar-refractivity contribution in [3.63, 3.8) is 0 Å². The number of phenols is 1. The first-order chi connectivity index (χ1) is 13.8. The molecule has 0 saturated carbocycles. The van der Waals surface area contributed by atoms with Crippen molar-refractivity contribution in [1.82, 2.24) is 0 Å². The van der Waals surface area contributed by atoms with Gasteiger partial charge in [-0.2, -0.15) is 0 Å². The average molecular weight is 462 g/mol. The van der Waals surface area contributed by atoms with Gasteiger partial charge in [-0.25, -0.2) is 0 Å². The number of nitro groups is 1. The number of aliphatic hydroxyl groups is 2. The molecule has 2 aromatic carbocycles. The summed E-state index contributed by atoms with van der Waals surface area (Å²) >= 11 is 3.32. The Morgan fingerprint density at radius 3 is 2.52 bits per heavy atom. The normalized spacial score (nSPS) is 12.7. The number of non-ortho nitro benzene ring substituents is 1. The molecule has 29 heavy (non-hydrogen) atoms. The monoisotopic (exact) mass is 461 g/mol. The van der Waals surface area contributed by atoms with E-state index in [-0.39, 0.29) is 17.9 Å². The summed E-state index contributed by atoms with van der Waals surface area (Å²) in [5.74, 6) is 0.0282. The van der Waals surface area contributed by atoms with Crippen LogP contribution in [0.15, 0.2) is 64.3 Å². The fraction of sp³-hybridized carbons (Fsp3) is 0.318. The van der Waals surface area contributed by atoms with E-state index in [1.165, 1.54) is 18.2 Å². The van der Waals surface area contributed by atoms with Crippen molar-refractivity contribution in [2.45, 2.75) is 44.8 Å². The van der Waals surface area contributed by atoms with Gasteiger partial charge in [-0.15, -0.1) is 5.73 Å². The van der Waals surface area contributed by atoms with E-state index in [4.69, 9.17) is 0 Å². The molecule has 0 fully saturated rings. The van der Waals surface area contributed by atoms with Crippen molar-refractivity contribution in [2.75, 3.05) is 0 Å². The number of phenolic OH excluding ortho intramolecular Hbond substituents is 1. The molecule has 154 valence electrons. The number of rotatable bonds is 9. The second-order valence-corrected chi connectivity index (χ2v) is 7.64. The highest BCUT2D eigenvalue weighted by Crippen LogP contribution is 2.30. The first kappa shape index (κ1) is 22.8. The Morgan fingerprint density at radius 1 is 1.21 bits per heavy atom. The van der Waals surface area contributed by atoms with E-state index in [2.05, 4.69) is 21.7 Å².